The number of ketones is 1. The van der Waals surface area contributed by atoms with Crippen LogP contribution in [0.5, 0.6) is 0 Å². The van der Waals surface area contributed by atoms with Crippen LogP contribution in [-0.4, -0.2) is 42.4 Å². The molecule has 5 nitrogen and oxygen atoms in total. The lowest BCUT2D eigenvalue weighted by molar-refractivity contribution is -0.881. The third-order valence-electron chi connectivity index (χ3n) is 5.11. The van der Waals surface area contributed by atoms with Gasteiger partial charge in [0.15, 0.2) is 6.54 Å². The Bertz CT molecular complexity index is 812. The highest BCUT2D eigenvalue weighted by Gasteiger charge is 2.21. The number of Topliss-reactive ketones (excluding diaryl/α,β-unsaturated/α-hetero) is 1. The number of carbonyl (C=O) groups is 2. The topological polar surface area (TPSA) is 55.5 Å². The Labute approximate surface area is 172 Å². The second kappa shape index (κ2) is 10.4. The fourth-order valence-corrected chi connectivity index (χ4v) is 3.57. The summed E-state index contributed by atoms with van der Waals surface area (Å²) in [5.41, 5.74) is 4.05. The van der Waals surface area contributed by atoms with E-state index in [0.717, 1.165) is 46.4 Å². The second-order valence-corrected chi connectivity index (χ2v) is 7.58. The van der Waals surface area contributed by atoms with E-state index in [1.807, 2.05) is 58.0 Å². The van der Waals surface area contributed by atoms with E-state index < -0.39 is 0 Å². The molecule has 0 aliphatic rings. The molecular formula is C22H31ClN3O2+. The van der Waals surface area contributed by atoms with Crippen molar-refractivity contribution in [2.75, 3.05) is 26.2 Å². The van der Waals surface area contributed by atoms with Gasteiger partial charge in [0.2, 0.25) is 5.78 Å². The average molecular weight is 405 g/mol. The predicted octanol–water partition coefficient (Wildman–Crippen LogP) is 2.22. The molecule has 2 rings (SSSR count). The molecule has 1 aromatic heterocycles. The van der Waals surface area contributed by atoms with E-state index >= 15 is 0 Å². The van der Waals surface area contributed by atoms with Gasteiger partial charge in [0.1, 0.15) is 6.54 Å². The minimum absolute atomic E-state index is 0.0133. The molecule has 0 radical (unpaired) electrons. The molecule has 1 amide bonds. The monoisotopic (exact) mass is 404 g/mol. The number of hydrogen-bond acceptors (Lipinski definition) is 2. The molecular weight excluding hydrogens is 374 g/mol. The maximum Gasteiger partial charge on any atom is 0.275 e. The molecule has 0 saturated heterocycles. The largest absolute Gasteiger partial charge is 0.351 e. The first kappa shape index (κ1) is 22.2. The number of hydrogen-bond donors (Lipinski definition) is 2. The third kappa shape index (κ3) is 5.94. The van der Waals surface area contributed by atoms with E-state index in [-0.39, 0.29) is 11.7 Å². The van der Waals surface area contributed by atoms with E-state index in [2.05, 4.69) is 9.88 Å². The smallest absolute Gasteiger partial charge is 0.275 e. The minimum Gasteiger partial charge on any atom is -0.351 e. The molecule has 0 aliphatic carbocycles. The Morgan fingerprint density at radius 1 is 1.11 bits per heavy atom. The highest BCUT2D eigenvalue weighted by molar-refractivity contribution is 6.30. The van der Waals surface area contributed by atoms with Crippen LogP contribution in [0.2, 0.25) is 5.02 Å². The van der Waals surface area contributed by atoms with E-state index in [0.29, 0.717) is 19.6 Å². The zero-order valence-corrected chi connectivity index (χ0v) is 18.0. The van der Waals surface area contributed by atoms with Gasteiger partial charge in [-0.1, -0.05) is 23.7 Å². The fraction of sp³-hybridized carbons (Fsp3) is 0.455. The molecule has 0 spiro atoms. The van der Waals surface area contributed by atoms with Crippen LogP contribution in [-0.2, 0) is 17.8 Å². The molecule has 0 aliphatic heterocycles. The molecule has 152 valence electrons. The highest BCUT2D eigenvalue weighted by atomic mass is 35.5. The number of carbonyl (C=O) groups excluding carboxylic acids is 2. The van der Waals surface area contributed by atoms with Gasteiger partial charge in [-0.15, -0.1) is 0 Å². The summed E-state index contributed by atoms with van der Waals surface area (Å²) in [6.07, 6.45) is 0.880. The van der Waals surface area contributed by atoms with Crippen LogP contribution in [0.4, 0.5) is 0 Å². The molecule has 0 fully saturated rings. The normalized spacial score (nSPS) is 12.0. The van der Waals surface area contributed by atoms with Crippen molar-refractivity contribution in [2.45, 2.75) is 40.7 Å². The molecule has 2 N–H and O–H groups in total. The van der Waals surface area contributed by atoms with Crippen molar-refractivity contribution in [3.05, 3.63) is 57.9 Å². The SMILES string of the molecule is CCNC(=O)C[NH+](CC)CC(=O)c1cc(C)n(CCc2ccc(Cl)cc2)c1C. The number of rotatable bonds is 10. The highest BCUT2D eigenvalue weighted by Crippen LogP contribution is 2.17. The molecule has 1 atom stereocenters. The first-order chi connectivity index (χ1) is 13.3. The summed E-state index contributed by atoms with van der Waals surface area (Å²) in [7, 11) is 0. The standard InChI is InChI=1S/C22H30ClN3O2/c1-5-24-22(28)15-25(6-2)14-21(27)20-13-16(3)26(17(20)4)12-11-18-7-9-19(23)10-8-18/h7-10,13H,5-6,11-12,14-15H2,1-4H3,(H,24,28)/p+1. The fourth-order valence-electron chi connectivity index (χ4n) is 3.44. The van der Waals surface area contributed by atoms with Crippen LogP contribution >= 0.6 is 11.6 Å². The second-order valence-electron chi connectivity index (χ2n) is 7.15. The molecule has 1 unspecified atom stereocenters. The van der Waals surface area contributed by atoms with Gasteiger partial charge in [0, 0.05) is 35.1 Å². The zero-order chi connectivity index (χ0) is 20.7. The van der Waals surface area contributed by atoms with Crippen molar-refractivity contribution in [3.8, 4) is 0 Å². The Morgan fingerprint density at radius 3 is 2.39 bits per heavy atom. The average Bonchev–Trinajstić information content (AvgIpc) is 2.95. The number of quaternary nitrogens is 1. The lowest BCUT2D eigenvalue weighted by atomic mass is 10.1. The summed E-state index contributed by atoms with van der Waals surface area (Å²) in [4.78, 5) is 25.7. The molecule has 28 heavy (non-hydrogen) atoms. The first-order valence-corrected chi connectivity index (χ1v) is 10.3. The predicted molar refractivity (Wildman–Crippen MR) is 113 cm³/mol. The van der Waals surface area contributed by atoms with Crippen LogP contribution < -0.4 is 10.2 Å². The summed E-state index contributed by atoms with van der Waals surface area (Å²) in [6.45, 7) is 10.7. The molecule has 1 aromatic carbocycles. The quantitative estimate of drug-likeness (QED) is 0.596. The van der Waals surface area contributed by atoms with Crippen LogP contribution in [0, 0.1) is 13.8 Å². The number of amides is 1. The molecule has 0 saturated carbocycles. The summed E-state index contributed by atoms with van der Waals surface area (Å²) in [6, 6.07) is 9.84. The van der Waals surface area contributed by atoms with E-state index in [9.17, 15) is 9.59 Å². The molecule has 1 heterocycles. The number of benzene rings is 1. The number of halogens is 1. The number of aryl methyl sites for hydroxylation is 2. The van der Waals surface area contributed by atoms with E-state index in [4.69, 9.17) is 11.6 Å². The Hall–Kier alpha value is -2.11. The summed E-state index contributed by atoms with van der Waals surface area (Å²) >= 11 is 5.95. The van der Waals surface area contributed by atoms with Gasteiger partial charge in [0.25, 0.3) is 5.91 Å². The summed E-state index contributed by atoms with van der Waals surface area (Å²) in [5, 5.41) is 3.54. The van der Waals surface area contributed by atoms with Crippen LogP contribution in [0.15, 0.2) is 30.3 Å². The van der Waals surface area contributed by atoms with Gasteiger partial charge in [-0.05, 0) is 57.9 Å². The van der Waals surface area contributed by atoms with E-state index in [1.165, 1.54) is 5.56 Å². The lowest BCUT2D eigenvalue weighted by Crippen LogP contribution is -3.13. The van der Waals surface area contributed by atoms with Crippen molar-refractivity contribution in [2.24, 2.45) is 0 Å². The maximum absolute atomic E-state index is 12.9. The van der Waals surface area contributed by atoms with Gasteiger partial charge in [0.05, 0.1) is 6.54 Å². The van der Waals surface area contributed by atoms with Crippen molar-refractivity contribution in [1.82, 2.24) is 9.88 Å². The Morgan fingerprint density at radius 2 is 1.79 bits per heavy atom. The lowest BCUT2D eigenvalue weighted by Gasteiger charge is -2.16. The molecule has 0 bridgehead atoms. The number of aromatic nitrogens is 1. The number of nitrogens with one attached hydrogen (secondary N) is 2. The Kier molecular flexibility index (Phi) is 8.27. The maximum atomic E-state index is 12.9. The van der Waals surface area contributed by atoms with Crippen molar-refractivity contribution in [1.29, 1.82) is 0 Å². The number of likely N-dealkylation sites (N-methyl/N-ethyl adjacent to an activating group) is 2. The van der Waals surface area contributed by atoms with Crippen molar-refractivity contribution >= 4 is 23.3 Å². The Balaban J connectivity index is 2.05. The zero-order valence-electron chi connectivity index (χ0n) is 17.3. The number of nitrogens with zero attached hydrogens (tertiary/aromatic N) is 1. The third-order valence-corrected chi connectivity index (χ3v) is 5.36. The van der Waals surface area contributed by atoms with Gasteiger partial charge in [-0.2, -0.15) is 0 Å². The van der Waals surface area contributed by atoms with Crippen molar-refractivity contribution in [3.63, 3.8) is 0 Å². The van der Waals surface area contributed by atoms with Crippen LogP contribution in [0.25, 0.3) is 0 Å². The summed E-state index contributed by atoms with van der Waals surface area (Å²) in [5.74, 6) is 0.0765. The molecule has 2 aromatic rings. The van der Waals surface area contributed by atoms with Gasteiger partial charge < -0.3 is 14.8 Å². The van der Waals surface area contributed by atoms with Crippen LogP contribution in [0.1, 0.15) is 41.2 Å². The summed E-state index contributed by atoms with van der Waals surface area (Å²) < 4.78 is 2.19. The van der Waals surface area contributed by atoms with Crippen LogP contribution in [0.3, 0.4) is 0 Å². The van der Waals surface area contributed by atoms with Gasteiger partial charge in [-0.3, -0.25) is 9.59 Å². The van der Waals surface area contributed by atoms with Gasteiger partial charge in [-0.25, -0.2) is 0 Å². The first-order valence-electron chi connectivity index (χ1n) is 9.90. The van der Waals surface area contributed by atoms with E-state index in [1.54, 1.807) is 0 Å². The minimum atomic E-state index is -0.0133. The van der Waals surface area contributed by atoms with Gasteiger partial charge >= 0.3 is 0 Å². The van der Waals surface area contributed by atoms with Crippen molar-refractivity contribution < 1.29 is 14.5 Å². The molecule has 6 heteroatoms.